The molecule has 2 amide bonds. The Balaban J connectivity index is 2.01. The number of nitrogens with zero attached hydrogens (tertiary/aromatic N) is 2. The Labute approximate surface area is 127 Å². The Hall–Kier alpha value is -1.28. The predicted octanol–water partition coefficient (Wildman–Crippen LogP) is 0.00000000000000128. The van der Waals surface area contributed by atoms with Crippen molar-refractivity contribution in [1.82, 2.24) is 9.80 Å². The zero-order valence-electron chi connectivity index (χ0n) is 12.0. The molecule has 118 valence electrons. The smallest absolute Gasteiger partial charge is 0.334 e. The number of morpholine rings is 1. The first-order valence-corrected chi connectivity index (χ1v) is 8.20. The van der Waals surface area contributed by atoms with E-state index < -0.39 is 18.1 Å². The van der Waals surface area contributed by atoms with Crippen molar-refractivity contribution in [3.8, 4) is 0 Å². The Morgan fingerprint density at radius 2 is 2.14 bits per heavy atom. The lowest BCUT2D eigenvalue weighted by Gasteiger charge is -2.34. The lowest BCUT2D eigenvalue weighted by molar-refractivity contribution is -0.161. The molecular formula is C13H20N2O5S. The molecule has 2 atom stereocenters. The van der Waals surface area contributed by atoms with Crippen LogP contribution in [0.4, 0.5) is 0 Å². The quantitative estimate of drug-likeness (QED) is 0.785. The minimum atomic E-state index is -1.06. The van der Waals surface area contributed by atoms with Gasteiger partial charge in [0.25, 0.3) is 0 Å². The molecule has 2 heterocycles. The topological polar surface area (TPSA) is 87.2 Å². The van der Waals surface area contributed by atoms with Gasteiger partial charge in [-0.2, -0.15) is 0 Å². The van der Waals surface area contributed by atoms with Gasteiger partial charge in [0.2, 0.25) is 11.8 Å². The van der Waals surface area contributed by atoms with E-state index in [1.54, 1.807) is 16.7 Å². The Morgan fingerprint density at radius 3 is 2.81 bits per heavy atom. The summed E-state index contributed by atoms with van der Waals surface area (Å²) in [6.45, 7) is 2.56. The fraction of sp³-hybridized carbons (Fsp3) is 0.769. The number of hydrogen-bond acceptors (Lipinski definition) is 5. The minimum absolute atomic E-state index is 0.0103. The van der Waals surface area contributed by atoms with E-state index in [9.17, 15) is 14.4 Å². The Morgan fingerprint density at radius 1 is 1.38 bits per heavy atom. The molecule has 0 bridgehead atoms. The molecule has 8 heteroatoms. The van der Waals surface area contributed by atoms with E-state index in [-0.39, 0.29) is 25.0 Å². The van der Waals surface area contributed by atoms with E-state index >= 15 is 0 Å². The number of carbonyl (C=O) groups is 3. The Bertz CT molecular complexity index is 431. The highest BCUT2D eigenvalue weighted by atomic mass is 32.2. The summed E-state index contributed by atoms with van der Waals surface area (Å²) in [7, 11) is 0. The number of carboxylic acids is 1. The number of ether oxygens (including phenoxy) is 1. The largest absolute Gasteiger partial charge is 0.479 e. The average Bonchev–Trinajstić information content (AvgIpc) is 2.96. The van der Waals surface area contributed by atoms with Crippen molar-refractivity contribution in [3.63, 3.8) is 0 Å². The van der Waals surface area contributed by atoms with Gasteiger partial charge in [-0.05, 0) is 6.42 Å². The molecule has 2 unspecified atom stereocenters. The monoisotopic (exact) mass is 316 g/mol. The van der Waals surface area contributed by atoms with Gasteiger partial charge >= 0.3 is 5.97 Å². The number of rotatable bonds is 4. The molecular weight excluding hydrogens is 296 g/mol. The molecule has 7 nitrogen and oxygen atoms in total. The second kappa shape index (κ2) is 7.13. The van der Waals surface area contributed by atoms with E-state index in [1.165, 1.54) is 4.90 Å². The van der Waals surface area contributed by atoms with Crippen LogP contribution in [0.3, 0.4) is 0 Å². The van der Waals surface area contributed by atoms with E-state index in [2.05, 4.69) is 0 Å². The molecule has 0 aromatic carbocycles. The van der Waals surface area contributed by atoms with Gasteiger partial charge in [0.1, 0.15) is 6.04 Å². The summed E-state index contributed by atoms with van der Waals surface area (Å²) in [5.41, 5.74) is 0. The number of aliphatic carboxylic acids is 1. The van der Waals surface area contributed by atoms with Crippen LogP contribution in [0.15, 0.2) is 0 Å². The highest BCUT2D eigenvalue weighted by Crippen LogP contribution is 2.24. The molecule has 2 aliphatic heterocycles. The van der Waals surface area contributed by atoms with Crippen LogP contribution in [0.5, 0.6) is 0 Å². The fourth-order valence-corrected chi connectivity index (χ4v) is 3.63. The normalized spacial score (nSPS) is 26.0. The number of thioether (sulfide) groups is 1. The zero-order valence-corrected chi connectivity index (χ0v) is 12.8. The van der Waals surface area contributed by atoms with Gasteiger partial charge in [-0.15, -0.1) is 11.8 Å². The van der Waals surface area contributed by atoms with Gasteiger partial charge in [-0.1, -0.05) is 6.92 Å². The van der Waals surface area contributed by atoms with E-state index in [0.29, 0.717) is 24.6 Å². The minimum Gasteiger partial charge on any atom is -0.479 e. The standard InChI is InChI=1S/C13H20N2O5S/c1-2-3-11(16)15-8-21-7-9(15)12(17)14-4-5-20-10(6-14)13(18)19/h9-10H,2-8H2,1H3,(H,18,19). The lowest BCUT2D eigenvalue weighted by atomic mass is 10.2. The molecule has 0 saturated carbocycles. The maximum absolute atomic E-state index is 12.6. The van der Waals surface area contributed by atoms with Crippen LogP contribution in [0, 0.1) is 0 Å². The van der Waals surface area contributed by atoms with Crippen molar-refractivity contribution in [2.24, 2.45) is 0 Å². The van der Waals surface area contributed by atoms with Crippen LogP contribution in [0.1, 0.15) is 19.8 Å². The molecule has 0 aliphatic carbocycles. The average molecular weight is 316 g/mol. The molecule has 0 radical (unpaired) electrons. The number of hydrogen-bond donors (Lipinski definition) is 1. The second-order valence-corrected chi connectivity index (χ2v) is 6.11. The summed E-state index contributed by atoms with van der Waals surface area (Å²) < 4.78 is 5.12. The maximum Gasteiger partial charge on any atom is 0.334 e. The van der Waals surface area contributed by atoms with Gasteiger partial charge in [-0.3, -0.25) is 9.59 Å². The van der Waals surface area contributed by atoms with Crippen LogP contribution in [-0.4, -0.2) is 76.2 Å². The predicted molar refractivity (Wildman–Crippen MR) is 76.8 cm³/mol. The van der Waals surface area contributed by atoms with E-state index in [0.717, 1.165) is 6.42 Å². The third kappa shape index (κ3) is 3.68. The summed E-state index contributed by atoms with van der Waals surface area (Å²) in [5, 5.41) is 8.98. The molecule has 2 fully saturated rings. The number of carbonyl (C=O) groups excluding carboxylic acids is 2. The number of amides is 2. The zero-order chi connectivity index (χ0) is 15.4. The molecule has 2 rings (SSSR count). The first-order valence-electron chi connectivity index (χ1n) is 7.05. The summed E-state index contributed by atoms with van der Waals surface area (Å²) >= 11 is 1.55. The van der Waals surface area contributed by atoms with Gasteiger partial charge in [0.05, 0.1) is 19.0 Å². The first kappa shape index (κ1) is 16.1. The molecule has 0 spiro atoms. The van der Waals surface area contributed by atoms with E-state index in [4.69, 9.17) is 9.84 Å². The van der Waals surface area contributed by atoms with Crippen LogP contribution < -0.4 is 0 Å². The highest BCUT2D eigenvalue weighted by molar-refractivity contribution is 7.99. The van der Waals surface area contributed by atoms with Gasteiger partial charge < -0.3 is 19.6 Å². The third-order valence-corrected chi connectivity index (χ3v) is 4.62. The highest BCUT2D eigenvalue weighted by Gasteiger charge is 2.39. The van der Waals surface area contributed by atoms with Crippen molar-refractivity contribution < 1.29 is 24.2 Å². The summed E-state index contributed by atoms with van der Waals surface area (Å²) in [5.74, 6) is -0.138. The summed E-state index contributed by atoms with van der Waals surface area (Å²) in [6, 6.07) is -0.471. The van der Waals surface area contributed by atoms with Crippen LogP contribution >= 0.6 is 11.8 Å². The van der Waals surface area contributed by atoms with Gasteiger partial charge in [0.15, 0.2) is 6.10 Å². The van der Waals surface area contributed by atoms with Crippen LogP contribution in [0.25, 0.3) is 0 Å². The van der Waals surface area contributed by atoms with Crippen LogP contribution in [-0.2, 0) is 19.1 Å². The summed E-state index contributed by atoms with van der Waals surface area (Å²) in [6.07, 6.45) is 0.210. The second-order valence-electron chi connectivity index (χ2n) is 5.11. The van der Waals surface area contributed by atoms with Crippen molar-refractivity contribution >= 4 is 29.5 Å². The molecule has 0 aromatic heterocycles. The molecule has 0 aromatic rings. The molecule has 2 saturated heterocycles. The fourth-order valence-electron chi connectivity index (χ4n) is 2.46. The van der Waals surface area contributed by atoms with E-state index in [1.807, 2.05) is 6.92 Å². The maximum atomic E-state index is 12.6. The van der Waals surface area contributed by atoms with Crippen molar-refractivity contribution in [1.29, 1.82) is 0 Å². The molecule has 21 heavy (non-hydrogen) atoms. The summed E-state index contributed by atoms with van der Waals surface area (Å²) in [4.78, 5) is 38.7. The Kier molecular flexibility index (Phi) is 5.46. The van der Waals surface area contributed by atoms with Crippen molar-refractivity contribution in [3.05, 3.63) is 0 Å². The number of carboxylic acid groups (broad SMARTS) is 1. The van der Waals surface area contributed by atoms with Crippen LogP contribution in [0.2, 0.25) is 0 Å². The molecule has 1 N–H and O–H groups in total. The first-order chi connectivity index (χ1) is 10.0. The lowest BCUT2D eigenvalue weighted by Crippen LogP contribution is -2.55. The third-order valence-electron chi connectivity index (χ3n) is 3.61. The van der Waals surface area contributed by atoms with Crippen molar-refractivity contribution in [2.75, 3.05) is 31.3 Å². The van der Waals surface area contributed by atoms with Crippen molar-refractivity contribution in [2.45, 2.75) is 31.9 Å². The SMILES string of the molecule is CCCC(=O)N1CSCC1C(=O)N1CCOC(C(=O)O)C1. The van der Waals surface area contributed by atoms with Gasteiger partial charge in [-0.25, -0.2) is 4.79 Å². The van der Waals surface area contributed by atoms with Gasteiger partial charge in [0, 0.05) is 18.7 Å². The molecule has 2 aliphatic rings.